The maximum atomic E-state index is 12.4. The molecule has 1 amide bonds. The van der Waals surface area contributed by atoms with Crippen LogP contribution in [-0.4, -0.2) is 78.2 Å². The highest BCUT2D eigenvalue weighted by atomic mass is 16.5. The second-order valence-electron chi connectivity index (χ2n) is 7.02. The molecule has 2 fully saturated rings. The van der Waals surface area contributed by atoms with Crippen molar-refractivity contribution in [3.63, 3.8) is 0 Å². The normalized spacial score (nSPS) is 24.0. The molecule has 7 nitrogen and oxygen atoms in total. The number of nitrogens with zero attached hydrogens (tertiary/aromatic N) is 4. The van der Waals surface area contributed by atoms with Crippen molar-refractivity contribution in [1.82, 2.24) is 25.1 Å². The number of aromatic nitrogens is 2. The highest BCUT2D eigenvalue weighted by molar-refractivity contribution is 5.78. The van der Waals surface area contributed by atoms with E-state index >= 15 is 0 Å². The Kier molecular flexibility index (Phi) is 6.34. The molecule has 1 aromatic heterocycles. The maximum Gasteiger partial charge on any atom is 0.225 e. The summed E-state index contributed by atoms with van der Waals surface area (Å²) >= 11 is 0. The third kappa shape index (κ3) is 4.96. The lowest BCUT2D eigenvalue weighted by Crippen LogP contribution is -2.45. The van der Waals surface area contributed by atoms with Crippen molar-refractivity contribution < 1.29 is 9.53 Å². The topological polar surface area (TPSA) is 70.6 Å². The Morgan fingerprint density at radius 1 is 1.24 bits per heavy atom. The fourth-order valence-corrected chi connectivity index (χ4v) is 3.76. The average molecular weight is 347 g/mol. The quantitative estimate of drug-likeness (QED) is 0.852. The first-order valence-corrected chi connectivity index (χ1v) is 9.19. The van der Waals surface area contributed by atoms with Crippen LogP contribution < -0.4 is 5.32 Å². The van der Waals surface area contributed by atoms with Gasteiger partial charge in [-0.25, -0.2) is 9.97 Å². The molecule has 0 aliphatic carbocycles. The van der Waals surface area contributed by atoms with Crippen molar-refractivity contribution in [2.75, 3.05) is 46.4 Å². The molecule has 3 heterocycles. The van der Waals surface area contributed by atoms with Crippen molar-refractivity contribution in [1.29, 1.82) is 0 Å². The van der Waals surface area contributed by atoms with Gasteiger partial charge in [0.15, 0.2) is 0 Å². The zero-order valence-electron chi connectivity index (χ0n) is 15.3. The third-order valence-electron chi connectivity index (χ3n) is 5.20. The van der Waals surface area contributed by atoms with E-state index < -0.39 is 0 Å². The van der Waals surface area contributed by atoms with Crippen molar-refractivity contribution in [3.8, 4) is 0 Å². The van der Waals surface area contributed by atoms with E-state index in [4.69, 9.17) is 4.74 Å². The van der Waals surface area contributed by atoms with Crippen LogP contribution in [0.2, 0.25) is 0 Å². The van der Waals surface area contributed by atoms with Gasteiger partial charge in [-0.1, -0.05) is 0 Å². The van der Waals surface area contributed by atoms with Gasteiger partial charge in [-0.05, 0) is 19.8 Å². The monoisotopic (exact) mass is 347 g/mol. The predicted molar refractivity (Wildman–Crippen MR) is 95.0 cm³/mol. The van der Waals surface area contributed by atoms with Gasteiger partial charge in [-0.2, -0.15) is 0 Å². The minimum absolute atomic E-state index is 0.0123. The van der Waals surface area contributed by atoms with Gasteiger partial charge in [0, 0.05) is 77.0 Å². The Morgan fingerprint density at radius 3 is 2.64 bits per heavy atom. The van der Waals surface area contributed by atoms with E-state index in [1.165, 1.54) is 0 Å². The van der Waals surface area contributed by atoms with Gasteiger partial charge in [-0.15, -0.1) is 0 Å². The fraction of sp³-hybridized carbons (Fsp3) is 0.722. The molecule has 2 aliphatic heterocycles. The molecule has 0 aromatic carbocycles. The van der Waals surface area contributed by atoms with E-state index in [-0.39, 0.29) is 11.8 Å². The van der Waals surface area contributed by atoms with E-state index in [0.29, 0.717) is 6.04 Å². The number of carbonyl (C=O) groups is 1. The molecule has 2 aliphatic rings. The van der Waals surface area contributed by atoms with E-state index in [9.17, 15) is 4.79 Å². The van der Waals surface area contributed by atoms with Crippen LogP contribution in [0.3, 0.4) is 0 Å². The highest BCUT2D eigenvalue weighted by Gasteiger charge is 2.31. The molecule has 0 saturated carbocycles. The Hall–Kier alpha value is -1.57. The van der Waals surface area contributed by atoms with Crippen LogP contribution >= 0.6 is 0 Å². The molecule has 0 spiro atoms. The number of nitrogens with one attached hydrogen (secondary N) is 1. The summed E-state index contributed by atoms with van der Waals surface area (Å²) in [6.07, 6.45) is 5.90. The van der Waals surface area contributed by atoms with E-state index in [0.717, 1.165) is 70.2 Å². The van der Waals surface area contributed by atoms with Crippen molar-refractivity contribution >= 4 is 5.91 Å². The van der Waals surface area contributed by atoms with Crippen LogP contribution in [0.15, 0.2) is 12.4 Å². The largest absolute Gasteiger partial charge is 0.381 e. The van der Waals surface area contributed by atoms with Gasteiger partial charge in [0.25, 0.3) is 0 Å². The maximum absolute atomic E-state index is 12.4. The molecule has 1 N–H and O–H groups in total. The molecule has 1 aromatic rings. The molecule has 7 heteroatoms. The summed E-state index contributed by atoms with van der Waals surface area (Å²) in [6, 6.07) is 0.531. The molecule has 0 radical (unpaired) electrons. The predicted octanol–water partition coefficient (Wildman–Crippen LogP) is 0.444. The van der Waals surface area contributed by atoms with Crippen LogP contribution in [0.5, 0.6) is 0 Å². The first kappa shape index (κ1) is 18.2. The van der Waals surface area contributed by atoms with Gasteiger partial charge >= 0.3 is 0 Å². The summed E-state index contributed by atoms with van der Waals surface area (Å²) in [5.74, 6) is 0.902. The summed E-state index contributed by atoms with van der Waals surface area (Å²) in [5.41, 5.74) is 1.10. The molecule has 25 heavy (non-hydrogen) atoms. The average Bonchev–Trinajstić information content (AvgIpc) is 2.86. The van der Waals surface area contributed by atoms with Crippen LogP contribution in [0.4, 0.5) is 0 Å². The third-order valence-corrected chi connectivity index (χ3v) is 5.20. The van der Waals surface area contributed by atoms with Crippen molar-refractivity contribution in [2.24, 2.45) is 5.92 Å². The Labute approximate surface area is 149 Å². The molecular formula is C18H29N5O2. The van der Waals surface area contributed by atoms with Crippen LogP contribution in [0, 0.1) is 12.8 Å². The van der Waals surface area contributed by atoms with Gasteiger partial charge in [0.1, 0.15) is 5.82 Å². The molecule has 1 atom stereocenters. The number of rotatable bonds is 4. The van der Waals surface area contributed by atoms with Gasteiger partial charge < -0.3 is 10.1 Å². The van der Waals surface area contributed by atoms with Crippen LogP contribution in [0.1, 0.15) is 24.2 Å². The molecule has 0 bridgehead atoms. The summed E-state index contributed by atoms with van der Waals surface area (Å²) in [7, 11) is 1.73. The summed E-state index contributed by atoms with van der Waals surface area (Å²) in [5, 5.41) is 2.84. The lowest BCUT2D eigenvalue weighted by molar-refractivity contribution is -0.125. The summed E-state index contributed by atoms with van der Waals surface area (Å²) in [6.45, 7) is 7.88. The number of hydrogen-bond acceptors (Lipinski definition) is 6. The lowest BCUT2D eigenvalue weighted by atomic mass is 10.0. The zero-order chi connectivity index (χ0) is 17.6. The molecular weight excluding hydrogens is 318 g/mol. The van der Waals surface area contributed by atoms with E-state index in [1.54, 1.807) is 7.05 Å². The smallest absolute Gasteiger partial charge is 0.225 e. The minimum atomic E-state index is -0.0123. The van der Waals surface area contributed by atoms with Crippen LogP contribution in [-0.2, 0) is 16.1 Å². The number of aryl methyl sites for hydroxylation is 1. The van der Waals surface area contributed by atoms with Gasteiger partial charge in [0.05, 0.1) is 5.92 Å². The summed E-state index contributed by atoms with van der Waals surface area (Å²) in [4.78, 5) is 25.8. The number of ether oxygens (including phenoxy) is 1. The Morgan fingerprint density at radius 2 is 1.96 bits per heavy atom. The molecule has 3 rings (SSSR count). The van der Waals surface area contributed by atoms with Crippen molar-refractivity contribution in [2.45, 2.75) is 32.4 Å². The summed E-state index contributed by atoms with van der Waals surface area (Å²) < 4.78 is 5.50. The second kappa shape index (κ2) is 8.69. The standard InChI is InChI=1S/C18H29N5O2/c1-14-20-9-15(10-21-14)11-22-5-6-23(17-3-7-25-8-4-17)13-16(12-22)18(24)19-2/h9-10,16-17H,3-8,11-13H2,1-2H3,(H,19,24). The SMILES string of the molecule is CNC(=O)C1CN(Cc2cnc(C)nc2)CCN(C2CCOCC2)C1. The molecule has 138 valence electrons. The lowest BCUT2D eigenvalue weighted by Gasteiger charge is -2.34. The van der Waals surface area contributed by atoms with Gasteiger partial charge in [-0.3, -0.25) is 14.6 Å². The van der Waals surface area contributed by atoms with Gasteiger partial charge in [0.2, 0.25) is 5.91 Å². The first-order chi connectivity index (χ1) is 12.2. The van der Waals surface area contributed by atoms with Crippen LogP contribution in [0.25, 0.3) is 0 Å². The second-order valence-corrected chi connectivity index (χ2v) is 7.02. The Bertz CT molecular complexity index is 559. The zero-order valence-corrected chi connectivity index (χ0v) is 15.3. The number of carbonyl (C=O) groups excluding carboxylic acids is 1. The van der Waals surface area contributed by atoms with E-state index in [2.05, 4.69) is 25.1 Å². The number of hydrogen-bond donors (Lipinski definition) is 1. The Balaban J connectivity index is 1.68. The van der Waals surface area contributed by atoms with E-state index in [1.807, 2.05) is 19.3 Å². The molecule has 2 saturated heterocycles. The minimum Gasteiger partial charge on any atom is -0.381 e. The molecule has 1 unspecified atom stereocenters. The highest BCUT2D eigenvalue weighted by Crippen LogP contribution is 2.20. The fourth-order valence-electron chi connectivity index (χ4n) is 3.76. The first-order valence-electron chi connectivity index (χ1n) is 9.19. The number of amides is 1. The van der Waals surface area contributed by atoms with Crippen molar-refractivity contribution in [3.05, 3.63) is 23.8 Å².